The lowest BCUT2D eigenvalue weighted by atomic mass is 10.1. The Bertz CT molecular complexity index is 1170. The Morgan fingerprint density at radius 3 is 2.70 bits per heavy atom. The number of fused-ring (bicyclic) bond motifs is 1. The molecule has 0 atom stereocenters. The Morgan fingerprint density at radius 1 is 1.11 bits per heavy atom. The molecule has 0 saturated carbocycles. The second-order valence-electron chi connectivity index (χ2n) is 6.19. The zero-order valence-electron chi connectivity index (χ0n) is 14.4. The summed E-state index contributed by atoms with van der Waals surface area (Å²) in [6, 6.07) is 16.9. The van der Waals surface area contributed by atoms with Gasteiger partial charge in [-0.3, -0.25) is 9.20 Å². The van der Waals surface area contributed by atoms with Crippen LogP contribution in [0.5, 0.6) is 0 Å². The number of aryl methyl sites for hydroxylation is 1. The van der Waals surface area contributed by atoms with Crippen LogP contribution in [0.4, 0.5) is 10.2 Å². The summed E-state index contributed by atoms with van der Waals surface area (Å²) in [4.78, 5) is 17.3. The van der Waals surface area contributed by atoms with Gasteiger partial charge in [-0.1, -0.05) is 35.9 Å². The van der Waals surface area contributed by atoms with Crippen LogP contribution >= 0.6 is 11.6 Å². The zero-order chi connectivity index (χ0) is 19.0. The first-order valence-electron chi connectivity index (χ1n) is 8.33. The van der Waals surface area contributed by atoms with Crippen LogP contribution < -0.4 is 5.32 Å². The smallest absolute Gasteiger partial charge is 0.259 e. The SMILES string of the molecule is Cc1ccn2c(NC(=O)c3ccccc3F)c(-c3cccc(Cl)c3)nc2c1. The minimum atomic E-state index is -0.580. The fourth-order valence-corrected chi connectivity index (χ4v) is 3.11. The lowest BCUT2D eigenvalue weighted by molar-refractivity contribution is 0.102. The Hall–Kier alpha value is -3.18. The Morgan fingerprint density at radius 2 is 1.93 bits per heavy atom. The van der Waals surface area contributed by atoms with Gasteiger partial charge in [-0.05, 0) is 48.9 Å². The Balaban J connectivity index is 1.86. The summed E-state index contributed by atoms with van der Waals surface area (Å²) in [6.45, 7) is 1.96. The number of anilines is 1. The maximum absolute atomic E-state index is 14.0. The number of carbonyl (C=O) groups excluding carboxylic acids is 1. The summed E-state index contributed by atoms with van der Waals surface area (Å²) >= 11 is 6.12. The van der Waals surface area contributed by atoms with E-state index in [-0.39, 0.29) is 5.56 Å². The van der Waals surface area contributed by atoms with E-state index >= 15 is 0 Å². The maximum atomic E-state index is 14.0. The molecule has 0 aliphatic heterocycles. The Labute approximate surface area is 160 Å². The molecule has 4 aromatic rings. The lowest BCUT2D eigenvalue weighted by Gasteiger charge is -2.09. The second kappa shape index (κ2) is 6.85. The van der Waals surface area contributed by atoms with E-state index in [0.29, 0.717) is 22.2 Å². The van der Waals surface area contributed by atoms with Crippen molar-refractivity contribution in [1.29, 1.82) is 0 Å². The molecule has 0 radical (unpaired) electrons. The number of pyridine rings is 1. The quantitative estimate of drug-likeness (QED) is 0.521. The van der Waals surface area contributed by atoms with Crippen molar-refractivity contribution in [3.8, 4) is 11.3 Å². The first-order chi connectivity index (χ1) is 13.0. The zero-order valence-corrected chi connectivity index (χ0v) is 15.2. The molecule has 0 fully saturated rings. The number of benzene rings is 2. The summed E-state index contributed by atoms with van der Waals surface area (Å²) in [5, 5.41) is 3.37. The average Bonchev–Trinajstić information content (AvgIpc) is 2.99. The maximum Gasteiger partial charge on any atom is 0.259 e. The van der Waals surface area contributed by atoms with Crippen LogP contribution in [0.15, 0.2) is 66.9 Å². The number of rotatable bonds is 3. The van der Waals surface area contributed by atoms with Crippen LogP contribution in [-0.2, 0) is 0 Å². The van der Waals surface area contributed by atoms with E-state index in [2.05, 4.69) is 10.3 Å². The van der Waals surface area contributed by atoms with Crippen molar-refractivity contribution < 1.29 is 9.18 Å². The normalized spacial score (nSPS) is 10.9. The number of aromatic nitrogens is 2. The molecule has 1 N–H and O–H groups in total. The van der Waals surface area contributed by atoms with Gasteiger partial charge in [0.25, 0.3) is 5.91 Å². The summed E-state index contributed by atoms with van der Waals surface area (Å²) < 4.78 is 15.8. The highest BCUT2D eigenvalue weighted by molar-refractivity contribution is 6.30. The first kappa shape index (κ1) is 17.2. The number of hydrogen-bond acceptors (Lipinski definition) is 2. The van der Waals surface area contributed by atoms with Gasteiger partial charge in [-0.2, -0.15) is 0 Å². The summed E-state index contributed by atoms with van der Waals surface area (Å²) in [7, 11) is 0. The predicted molar refractivity (Wildman–Crippen MR) is 105 cm³/mol. The molecule has 2 heterocycles. The van der Waals surface area contributed by atoms with Gasteiger partial charge in [0.05, 0.1) is 5.56 Å². The van der Waals surface area contributed by atoms with Crippen LogP contribution in [0.2, 0.25) is 5.02 Å². The third-order valence-electron chi connectivity index (χ3n) is 4.23. The minimum Gasteiger partial charge on any atom is -0.306 e. The molecule has 0 bridgehead atoms. The van der Waals surface area contributed by atoms with Crippen LogP contribution in [0, 0.1) is 12.7 Å². The van der Waals surface area contributed by atoms with Crippen molar-refractivity contribution >= 4 is 29.0 Å². The molecule has 134 valence electrons. The van der Waals surface area contributed by atoms with Gasteiger partial charge in [0.15, 0.2) is 0 Å². The second-order valence-corrected chi connectivity index (χ2v) is 6.62. The average molecular weight is 380 g/mol. The molecule has 0 spiro atoms. The van der Waals surface area contributed by atoms with Crippen molar-refractivity contribution in [2.75, 3.05) is 5.32 Å². The van der Waals surface area contributed by atoms with Crippen molar-refractivity contribution in [3.05, 3.63) is 88.8 Å². The molecule has 27 heavy (non-hydrogen) atoms. The van der Waals surface area contributed by atoms with Gasteiger partial charge in [-0.15, -0.1) is 0 Å². The molecule has 4 rings (SSSR count). The fraction of sp³-hybridized carbons (Fsp3) is 0.0476. The van der Waals surface area contributed by atoms with Gasteiger partial charge in [0.1, 0.15) is 23.0 Å². The van der Waals surface area contributed by atoms with E-state index < -0.39 is 11.7 Å². The molecule has 2 aromatic carbocycles. The van der Waals surface area contributed by atoms with Gasteiger partial charge >= 0.3 is 0 Å². The van der Waals surface area contributed by atoms with Gasteiger partial charge in [-0.25, -0.2) is 9.37 Å². The number of carbonyl (C=O) groups is 1. The molecule has 0 saturated heterocycles. The molecule has 1 amide bonds. The molecule has 2 aromatic heterocycles. The van der Waals surface area contributed by atoms with Crippen LogP contribution in [0.1, 0.15) is 15.9 Å². The van der Waals surface area contributed by atoms with E-state index in [1.54, 1.807) is 28.7 Å². The summed E-state index contributed by atoms with van der Waals surface area (Å²) in [5.74, 6) is -0.664. The summed E-state index contributed by atoms with van der Waals surface area (Å²) in [5.41, 5.74) is 3.00. The van der Waals surface area contributed by atoms with E-state index in [4.69, 9.17) is 11.6 Å². The molecular formula is C21H15ClFN3O. The largest absolute Gasteiger partial charge is 0.306 e. The highest BCUT2D eigenvalue weighted by Crippen LogP contribution is 2.31. The third kappa shape index (κ3) is 3.29. The topological polar surface area (TPSA) is 46.4 Å². The first-order valence-corrected chi connectivity index (χ1v) is 8.71. The number of nitrogens with zero attached hydrogens (tertiary/aromatic N) is 2. The van der Waals surface area contributed by atoms with Crippen LogP contribution in [-0.4, -0.2) is 15.3 Å². The number of imidazole rings is 1. The van der Waals surface area contributed by atoms with E-state index in [1.807, 2.05) is 37.4 Å². The fourth-order valence-electron chi connectivity index (χ4n) is 2.92. The van der Waals surface area contributed by atoms with Gasteiger partial charge in [0, 0.05) is 16.8 Å². The number of nitrogens with one attached hydrogen (secondary N) is 1. The molecule has 4 nitrogen and oxygen atoms in total. The summed E-state index contributed by atoms with van der Waals surface area (Å²) in [6.07, 6.45) is 1.82. The van der Waals surface area contributed by atoms with Crippen LogP contribution in [0.3, 0.4) is 0 Å². The van der Waals surface area contributed by atoms with Crippen molar-refractivity contribution in [3.63, 3.8) is 0 Å². The highest BCUT2D eigenvalue weighted by atomic mass is 35.5. The number of amides is 1. The predicted octanol–water partition coefficient (Wildman–Crippen LogP) is 5.35. The van der Waals surface area contributed by atoms with Crippen LogP contribution in [0.25, 0.3) is 16.9 Å². The van der Waals surface area contributed by atoms with E-state index in [9.17, 15) is 9.18 Å². The molecule has 6 heteroatoms. The molecular weight excluding hydrogens is 365 g/mol. The Kier molecular flexibility index (Phi) is 4.38. The lowest BCUT2D eigenvalue weighted by Crippen LogP contribution is -2.15. The standard InChI is InChI=1S/C21H15ClFN3O/c1-13-9-10-26-18(11-13)24-19(14-5-4-6-15(22)12-14)20(26)25-21(27)16-7-2-3-8-17(16)23/h2-12H,1H3,(H,25,27). The molecule has 0 aliphatic rings. The molecule has 0 unspecified atom stereocenters. The van der Waals surface area contributed by atoms with Crippen molar-refractivity contribution in [1.82, 2.24) is 9.38 Å². The minimum absolute atomic E-state index is 0.0309. The highest BCUT2D eigenvalue weighted by Gasteiger charge is 2.19. The van der Waals surface area contributed by atoms with Crippen molar-refractivity contribution in [2.45, 2.75) is 6.92 Å². The van der Waals surface area contributed by atoms with Gasteiger partial charge < -0.3 is 5.32 Å². The molecule has 0 aliphatic carbocycles. The van der Waals surface area contributed by atoms with Crippen molar-refractivity contribution in [2.24, 2.45) is 0 Å². The monoisotopic (exact) mass is 379 g/mol. The van der Waals surface area contributed by atoms with Gasteiger partial charge in [0.2, 0.25) is 0 Å². The number of hydrogen-bond donors (Lipinski definition) is 1. The van der Waals surface area contributed by atoms with E-state index in [1.165, 1.54) is 12.1 Å². The van der Waals surface area contributed by atoms with E-state index in [0.717, 1.165) is 11.1 Å². The number of halogens is 2. The third-order valence-corrected chi connectivity index (χ3v) is 4.47.